The number of rotatable bonds is 4. The van der Waals surface area contributed by atoms with Crippen molar-refractivity contribution in [3.8, 4) is 23.0 Å². The van der Waals surface area contributed by atoms with Gasteiger partial charge in [-0.25, -0.2) is 0 Å². The van der Waals surface area contributed by atoms with Crippen LogP contribution in [0.5, 0.6) is 23.0 Å². The monoisotopic (exact) mass is 246 g/mol. The molecule has 2 aromatic carbocycles. The lowest BCUT2D eigenvalue weighted by Gasteiger charge is -2.10. The van der Waals surface area contributed by atoms with Gasteiger partial charge in [-0.05, 0) is 48.5 Å². The Balaban J connectivity index is 1.94. The third kappa shape index (κ3) is 3.33. The quantitative estimate of drug-likeness (QED) is 0.713. The van der Waals surface area contributed by atoms with Crippen LogP contribution < -0.4 is 9.31 Å². The third-order valence-electron chi connectivity index (χ3n) is 2.15. The molecule has 6 heteroatoms. The van der Waals surface area contributed by atoms with E-state index in [2.05, 4.69) is 0 Å². The van der Waals surface area contributed by atoms with E-state index >= 15 is 0 Å². The van der Waals surface area contributed by atoms with Gasteiger partial charge >= 0.3 is 7.32 Å². The number of aromatic hydroxyl groups is 2. The molecule has 0 aromatic heterocycles. The van der Waals surface area contributed by atoms with Crippen LogP contribution in [0.3, 0.4) is 0 Å². The van der Waals surface area contributed by atoms with E-state index in [0.717, 1.165) is 0 Å². The van der Waals surface area contributed by atoms with Crippen molar-refractivity contribution in [2.45, 2.75) is 0 Å². The molecular formula is C12H11BO5. The number of phenols is 2. The van der Waals surface area contributed by atoms with Crippen LogP contribution in [-0.2, 0) is 0 Å². The molecule has 0 atom stereocenters. The van der Waals surface area contributed by atoms with Gasteiger partial charge in [0.1, 0.15) is 23.0 Å². The van der Waals surface area contributed by atoms with Gasteiger partial charge < -0.3 is 24.5 Å². The molecule has 92 valence electrons. The molecule has 0 aliphatic rings. The molecule has 0 saturated heterocycles. The maximum atomic E-state index is 9.53. The fraction of sp³-hybridized carbons (Fsp3) is 0. The first-order valence-corrected chi connectivity index (χ1v) is 5.23. The van der Waals surface area contributed by atoms with E-state index in [1.165, 1.54) is 48.5 Å². The van der Waals surface area contributed by atoms with Gasteiger partial charge in [-0.2, -0.15) is 0 Å². The molecule has 0 amide bonds. The minimum atomic E-state index is -1.47. The number of hydrogen-bond donors (Lipinski definition) is 3. The van der Waals surface area contributed by atoms with Crippen LogP contribution in [0.2, 0.25) is 0 Å². The van der Waals surface area contributed by atoms with E-state index in [-0.39, 0.29) is 11.5 Å². The lowest BCUT2D eigenvalue weighted by Crippen LogP contribution is -2.29. The summed E-state index contributed by atoms with van der Waals surface area (Å²) in [7, 11) is -1.47. The molecular weight excluding hydrogens is 235 g/mol. The van der Waals surface area contributed by atoms with Crippen molar-refractivity contribution < 1.29 is 24.5 Å². The Labute approximate surface area is 104 Å². The molecule has 0 unspecified atom stereocenters. The van der Waals surface area contributed by atoms with E-state index in [1.807, 2.05) is 0 Å². The Morgan fingerprint density at radius 3 is 1.33 bits per heavy atom. The molecule has 2 rings (SSSR count). The first-order chi connectivity index (χ1) is 8.63. The molecule has 0 fully saturated rings. The summed E-state index contributed by atoms with van der Waals surface area (Å²) in [6, 6.07) is 11.7. The van der Waals surface area contributed by atoms with E-state index in [0.29, 0.717) is 11.5 Å². The van der Waals surface area contributed by atoms with Gasteiger partial charge in [0.05, 0.1) is 0 Å². The average Bonchev–Trinajstić information content (AvgIpc) is 2.35. The highest BCUT2D eigenvalue weighted by atomic mass is 16.7. The molecule has 2 aromatic rings. The van der Waals surface area contributed by atoms with Gasteiger partial charge in [-0.15, -0.1) is 0 Å². The highest BCUT2D eigenvalue weighted by molar-refractivity contribution is 6.36. The maximum absolute atomic E-state index is 9.53. The summed E-state index contributed by atoms with van der Waals surface area (Å²) in [6.45, 7) is 0. The largest absolute Gasteiger partial charge is 0.785 e. The Morgan fingerprint density at radius 2 is 1.00 bits per heavy atom. The van der Waals surface area contributed by atoms with Crippen molar-refractivity contribution in [3.63, 3.8) is 0 Å². The molecule has 5 nitrogen and oxygen atoms in total. The van der Waals surface area contributed by atoms with E-state index in [4.69, 9.17) is 19.5 Å². The van der Waals surface area contributed by atoms with Crippen LogP contribution in [0.4, 0.5) is 0 Å². The number of phenolic OH excluding ortho intramolecular Hbond substituents is 2. The summed E-state index contributed by atoms with van der Waals surface area (Å²) in [4.78, 5) is 0. The fourth-order valence-corrected chi connectivity index (χ4v) is 1.31. The predicted octanol–water partition coefficient (Wildman–Crippen LogP) is 1.53. The average molecular weight is 246 g/mol. The summed E-state index contributed by atoms with van der Waals surface area (Å²) in [5.41, 5.74) is 0. The Hall–Kier alpha value is -2.34. The van der Waals surface area contributed by atoms with Gasteiger partial charge in [0.15, 0.2) is 0 Å². The molecule has 0 aliphatic carbocycles. The number of hydrogen-bond acceptors (Lipinski definition) is 5. The van der Waals surface area contributed by atoms with Crippen LogP contribution in [0.25, 0.3) is 0 Å². The first-order valence-electron chi connectivity index (χ1n) is 5.23. The third-order valence-corrected chi connectivity index (χ3v) is 2.15. The van der Waals surface area contributed by atoms with Crippen molar-refractivity contribution in [1.82, 2.24) is 0 Å². The molecule has 0 spiro atoms. The van der Waals surface area contributed by atoms with Crippen LogP contribution in [0.15, 0.2) is 48.5 Å². The first kappa shape index (κ1) is 12.1. The second-order valence-corrected chi connectivity index (χ2v) is 3.53. The Bertz CT molecular complexity index is 449. The minimum absolute atomic E-state index is 0.108. The zero-order valence-corrected chi connectivity index (χ0v) is 9.35. The van der Waals surface area contributed by atoms with Gasteiger partial charge in [0.2, 0.25) is 0 Å². The fourth-order valence-electron chi connectivity index (χ4n) is 1.31. The summed E-state index contributed by atoms with van der Waals surface area (Å²) in [6.07, 6.45) is 0. The topological polar surface area (TPSA) is 79.2 Å². The minimum Gasteiger partial charge on any atom is -0.508 e. The zero-order chi connectivity index (χ0) is 13.0. The zero-order valence-electron chi connectivity index (χ0n) is 9.35. The summed E-state index contributed by atoms with van der Waals surface area (Å²) >= 11 is 0. The second kappa shape index (κ2) is 5.33. The maximum Gasteiger partial charge on any atom is 0.785 e. The van der Waals surface area contributed by atoms with Crippen LogP contribution in [0, 0.1) is 0 Å². The molecule has 18 heavy (non-hydrogen) atoms. The molecule has 0 heterocycles. The highest BCUT2D eigenvalue weighted by Crippen LogP contribution is 2.19. The Kier molecular flexibility index (Phi) is 3.59. The van der Waals surface area contributed by atoms with Crippen molar-refractivity contribution >= 4 is 7.32 Å². The van der Waals surface area contributed by atoms with Gasteiger partial charge in [-0.1, -0.05) is 0 Å². The molecule has 3 N–H and O–H groups in total. The number of benzene rings is 2. The summed E-state index contributed by atoms with van der Waals surface area (Å²) in [5.74, 6) is 0.936. The molecule has 0 aliphatic heterocycles. The van der Waals surface area contributed by atoms with Gasteiger partial charge in [-0.3, -0.25) is 0 Å². The normalized spacial score (nSPS) is 9.83. The molecule has 0 saturated carbocycles. The van der Waals surface area contributed by atoms with Crippen LogP contribution in [-0.4, -0.2) is 22.6 Å². The lowest BCUT2D eigenvalue weighted by atomic mass is 10.2. The lowest BCUT2D eigenvalue weighted by molar-refractivity contribution is 0.297. The van der Waals surface area contributed by atoms with Gasteiger partial charge in [0.25, 0.3) is 0 Å². The van der Waals surface area contributed by atoms with E-state index < -0.39 is 7.32 Å². The van der Waals surface area contributed by atoms with Crippen molar-refractivity contribution in [1.29, 1.82) is 0 Å². The van der Waals surface area contributed by atoms with Crippen LogP contribution in [0.1, 0.15) is 0 Å². The molecule has 0 radical (unpaired) electrons. The smallest absolute Gasteiger partial charge is 0.508 e. The van der Waals surface area contributed by atoms with Crippen molar-refractivity contribution in [2.24, 2.45) is 0 Å². The van der Waals surface area contributed by atoms with Crippen molar-refractivity contribution in [3.05, 3.63) is 48.5 Å². The SMILES string of the molecule is OB(Oc1ccc(O)cc1)Oc1ccc(O)cc1. The van der Waals surface area contributed by atoms with Crippen molar-refractivity contribution in [2.75, 3.05) is 0 Å². The Morgan fingerprint density at radius 1 is 0.667 bits per heavy atom. The van der Waals surface area contributed by atoms with E-state index in [9.17, 15) is 5.02 Å². The highest BCUT2D eigenvalue weighted by Gasteiger charge is 2.21. The van der Waals surface area contributed by atoms with Crippen LogP contribution >= 0.6 is 0 Å². The standard InChI is InChI=1S/C12H11BO5/c14-9-1-5-11(6-2-9)17-13(16)18-12-7-3-10(15)4-8-12/h1-8,14-16H. The second-order valence-electron chi connectivity index (χ2n) is 3.53. The predicted molar refractivity (Wildman–Crippen MR) is 65.4 cm³/mol. The molecule has 0 bridgehead atoms. The summed E-state index contributed by atoms with van der Waals surface area (Å²) in [5, 5.41) is 27.7. The summed E-state index contributed by atoms with van der Waals surface area (Å²) < 4.78 is 10.1. The van der Waals surface area contributed by atoms with E-state index in [1.54, 1.807) is 0 Å². The van der Waals surface area contributed by atoms with Gasteiger partial charge in [0, 0.05) is 0 Å².